The van der Waals surface area contributed by atoms with Crippen LogP contribution in [0.5, 0.6) is 0 Å². The molecule has 0 unspecified atom stereocenters. The number of thiocarbonyl (C=S) groups is 1. The fourth-order valence-corrected chi connectivity index (χ4v) is 1.99. The number of ether oxygens (including phenoxy) is 2. The molecule has 0 saturated carbocycles. The fraction of sp³-hybridized carbons (Fsp3) is 0.667. The van der Waals surface area contributed by atoms with Crippen LogP contribution in [0.2, 0.25) is 0 Å². The van der Waals surface area contributed by atoms with Crippen molar-refractivity contribution in [2.24, 2.45) is 0 Å². The number of carbonyl (C=O) groups is 1. The summed E-state index contributed by atoms with van der Waals surface area (Å²) in [6.45, 7) is 2.91. The second-order valence-electron chi connectivity index (χ2n) is 4.30. The molecule has 4 atom stereocenters. The molecule has 8 heteroatoms. The van der Waals surface area contributed by atoms with Crippen molar-refractivity contribution < 1.29 is 29.6 Å². The van der Waals surface area contributed by atoms with Crippen molar-refractivity contribution in [1.82, 2.24) is 5.32 Å². The monoisotopic (exact) mass is 305 g/mol. The minimum atomic E-state index is -1.27. The summed E-state index contributed by atoms with van der Waals surface area (Å²) in [5.74, 6) is -0.514. The molecule has 1 aliphatic rings. The molecule has 7 nitrogen and oxygen atoms in total. The van der Waals surface area contributed by atoms with Crippen LogP contribution in [-0.4, -0.2) is 63.8 Å². The minimum absolute atomic E-state index is 0.109. The first-order chi connectivity index (χ1) is 9.40. The molecule has 0 aromatic rings. The van der Waals surface area contributed by atoms with Gasteiger partial charge < -0.3 is 30.1 Å². The summed E-state index contributed by atoms with van der Waals surface area (Å²) in [6.07, 6.45) is -2.39. The molecule has 0 bridgehead atoms. The first kappa shape index (κ1) is 16.8. The van der Waals surface area contributed by atoms with E-state index in [1.807, 2.05) is 0 Å². The molecule has 20 heavy (non-hydrogen) atoms. The Balaban J connectivity index is 2.94. The van der Waals surface area contributed by atoms with E-state index < -0.39 is 36.9 Å². The summed E-state index contributed by atoms with van der Waals surface area (Å²) in [7, 11) is 0. The third kappa shape index (κ3) is 4.14. The molecule has 0 aliphatic carbocycles. The van der Waals surface area contributed by atoms with E-state index >= 15 is 0 Å². The average molecular weight is 305 g/mol. The highest BCUT2D eigenvalue weighted by Crippen LogP contribution is 2.27. The van der Waals surface area contributed by atoms with Crippen LogP contribution < -0.4 is 5.32 Å². The van der Waals surface area contributed by atoms with Crippen molar-refractivity contribution in [1.29, 1.82) is 0 Å². The smallest absolute Gasteiger partial charge is 0.334 e. The van der Waals surface area contributed by atoms with Gasteiger partial charge in [-0.25, -0.2) is 4.79 Å². The Morgan fingerprint density at radius 1 is 1.65 bits per heavy atom. The highest BCUT2D eigenvalue weighted by atomic mass is 32.1. The quantitative estimate of drug-likeness (QED) is 0.286. The van der Waals surface area contributed by atoms with E-state index in [0.717, 1.165) is 6.08 Å². The van der Waals surface area contributed by atoms with E-state index in [-0.39, 0.29) is 12.4 Å². The van der Waals surface area contributed by atoms with Crippen molar-refractivity contribution in [2.75, 3.05) is 13.2 Å². The Morgan fingerprint density at radius 2 is 2.30 bits per heavy atom. The third-order valence-electron chi connectivity index (χ3n) is 2.73. The Morgan fingerprint density at radius 3 is 2.80 bits per heavy atom. The van der Waals surface area contributed by atoms with Crippen molar-refractivity contribution in [2.45, 2.75) is 38.2 Å². The molecule has 4 N–H and O–H groups in total. The van der Waals surface area contributed by atoms with Crippen LogP contribution >= 0.6 is 12.2 Å². The van der Waals surface area contributed by atoms with Crippen LogP contribution in [0.1, 0.15) is 13.8 Å². The van der Waals surface area contributed by atoms with E-state index in [0.29, 0.717) is 4.99 Å². The zero-order chi connectivity index (χ0) is 15.3. The SMILES string of the molecule is CCOC(=O)/C=C1/O[C@@H]([C@H](O)CO)[C@H](O)[C@H]1NC(C)=S. The van der Waals surface area contributed by atoms with Crippen LogP contribution in [0.25, 0.3) is 0 Å². The van der Waals surface area contributed by atoms with Gasteiger partial charge in [0.05, 0.1) is 24.3 Å². The van der Waals surface area contributed by atoms with Gasteiger partial charge in [0.1, 0.15) is 24.0 Å². The Bertz CT molecular complexity index is 399. The molecule has 0 spiro atoms. The Kier molecular flexibility index (Phi) is 6.34. The van der Waals surface area contributed by atoms with E-state index in [1.54, 1.807) is 13.8 Å². The second-order valence-corrected chi connectivity index (χ2v) is 4.91. The maximum absolute atomic E-state index is 11.5. The molecule has 1 heterocycles. The number of esters is 1. The summed E-state index contributed by atoms with van der Waals surface area (Å²) >= 11 is 4.90. The summed E-state index contributed by atoms with van der Waals surface area (Å²) in [6, 6.07) is -0.775. The number of nitrogens with one attached hydrogen (secondary N) is 1. The zero-order valence-electron chi connectivity index (χ0n) is 11.3. The summed E-state index contributed by atoms with van der Waals surface area (Å²) in [4.78, 5) is 11.8. The Hall–Kier alpha value is -1.22. The van der Waals surface area contributed by atoms with E-state index in [2.05, 4.69) is 5.32 Å². The first-order valence-corrected chi connectivity index (χ1v) is 6.60. The predicted octanol–water partition coefficient (Wildman–Crippen LogP) is -1.15. The van der Waals surface area contributed by atoms with Crippen LogP contribution in [0.3, 0.4) is 0 Å². The van der Waals surface area contributed by atoms with Crippen molar-refractivity contribution in [3.63, 3.8) is 0 Å². The lowest BCUT2D eigenvalue weighted by Gasteiger charge is -2.20. The minimum Gasteiger partial charge on any atom is -0.487 e. The van der Waals surface area contributed by atoms with Gasteiger partial charge >= 0.3 is 5.97 Å². The molecule has 0 aromatic heterocycles. The third-order valence-corrected chi connectivity index (χ3v) is 2.85. The lowest BCUT2D eigenvalue weighted by atomic mass is 10.0. The summed E-state index contributed by atoms with van der Waals surface area (Å²) < 4.78 is 10.1. The number of hydrogen-bond acceptors (Lipinski definition) is 7. The van der Waals surface area contributed by atoms with Gasteiger partial charge in [-0.1, -0.05) is 12.2 Å². The number of rotatable bonds is 5. The number of hydrogen-bond donors (Lipinski definition) is 4. The molecule has 0 aromatic carbocycles. The highest BCUT2D eigenvalue weighted by molar-refractivity contribution is 7.80. The lowest BCUT2D eigenvalue weighted by Crippen LogP contribution is -2.46. The normalized spacial score (nSPS) is 28.9. The lowest BCUT2D eigenvalue weighted by molar-refractivity contribution is -0.137. The average Bonchev–Trinajstić information content (AvgIpc) is 2.66. The molecular weight excluding hydrogens is 286 g/mol. The number of aliphatic hydroxyl groups is 3. The number of carbonyl (C=O) groups excluding carboxylic acids is 1. The first-order valence-electron chi connectivity index (χ1n) is 6.19. The van der Waals surface area contributed by atoms with Gasteiger partial charge in [-0.05, 0) is 13.8 Å². The van der Waals surface area contributed by atoms with Crippen molar-refractivity contribution in [3.8, 4) is 0 Å². The van der Waals surface area contributed by atoms with E-state index in [1.165, 1.54) is 0 Å². The molecular formula is C12H19NO6S. The second kappa shape index (κ2) is 7.53. The van der Waals surface area contributed by atoms with Crippen LogP contribution in [0, 0.1) is 0 Å². The predicted molar refractivity (Wildman–Crippen MR) is 73.9 cm³/mol. The summed E-state index contributed by atoms with van der Waals surface area (Å²) in [5.41, 5.74) is 0. The molecule has 114 valence electrons. The molecule has 1 rings (SSSR count). The largest absolute Gasteiger partial charge is 0.487 e. The van der Waals surface area contributed by atoms with Gasteiger partial charge in [0.25, 0.3) is 0 Å². The van der Waals surface area contributed by atoms with Gasteiger partial charge in [0.2, 0.25) is 0 Å². The van der Waals surface area contributed by atoms with Gasteiger partial charge in [-0.15, -0.1) is 0 Å². The van der Waals surface area contributed by atoms with Crippen molar-refractivity contribution in [3.05, 3.63) is 11.8 Å². The fourth-order valence-electron chi connectivity index (χ4n) is 1.87. The van der Waals surface area contributed by atoms with Gasteiger partial charge in [0, 0.05) is 0 Å². The van der Waals surface area contributed by atoms with Gasteiger partial charge in [0.15, 0.2) is 6.10 Å². The van der Waals surface area contributed by atoms with Crippen LogP contribution in [0.15, 0.2) is 11.8 Å². The van der Waals surface area contributed by atoms with E-state index in [4.69, 9.17) is 26.8 Å². The highest BCUT2D eigenvalue weighted by Gasteiger charge is 2.44. The van der Waals surface area contributed by atoms with Gasteiger partial charge in [-0.3, -0.25) is 0 Å². The van der Waals surface area contributed by atoms with Crippen LogP contribution in [-0.2, 0) is 14.3 Å². The van der Waals surface area contributed by atoms with Gasteiger partial charge in [-0.2, -0.15) is 0 Å². The van der Waals surface area contributed by atoms with E-state index in [9.17, 15) is 15.0 Å². The molecule has 0 radical (unpaired) electrons. The molecule has 1 fully saturated rings. The standard InChI is InChI=1S/C12H19NO6S/c1-3-18-9(16)4-8-10(13-6(2)20)11(17)12(19-8)7(15)5-14/h4,7,10-12,14-15,17H,3,5H2,1-2H3,(H,13,20)/b8-4+/t7-,10+,11-,12+/m1/s1. The molecule has 1 saturated heterocycles. The maximum Gasteiger partial charge on any atom is 0.334 e. The molecule has 1 aliphatic heterocycles. The zero-order valence-corrected chi connectivity index (χ0v) is 12.1. The van der Waals surface area contributed by atoms with Crippen molar-refractivity contribution >= 4 is 23.2 Å². The summed E-state index contributed by atoms with van der Waals surface area (Å²) in [5, 5.41) is 31.4. The van der Waals surface area contributed by atoms with Crippen LogP contribution in [0.4, 0.5) is 0 Å². The molecule has 0 amide bonds. The Labute approximate surface area is 122 Å². The maximum atomic E-state index is 11.5. The number of aliphatic hydroxyl groups excluding tert-OH is 3. The topological polar surface area (TPSA) is 108 Å².